The van der Waals surface area contributed by atoms with Crippen LogP contribution in [0.5, 0.6) is 5.75 Å². The number of ketones is 1. The van der Waals surface area contributed by atoms with Crippen LogP contribution in [-0.2, 0) is 11.3 Å². The van der Waals surface area contributed by atoms with Gasteiger partial charge in [0.15, 0.2) is 5.78 Å². The first-order valence-electron chi connectivity index (χ1n) is 7.82. The molecule has 1 fully saturated rings. The Labute approximate surface area is 150 Å². The van der Waals surface area contributed by atoms with Crippen LogP contribution >= 0.6 is 12.4 Å². The van der Waals surface area contributed by atoms with Gasteiger partial charge in [0.05, 0.1) is 19.8 Å². The van der Waals surface area contributed by atoms with Crippen LogP contribution in [0.25, 0.3) is 11.0 Å². The van der Waals surface area contributed by atoms with Gasteiger partial charge >= 0.3 is 5.63 Å². The Hall–Kier alpha value is -1.93. The van der Waals surface area contributed by atoms with Gasteiger partial charge in [-0.1, -0.05) is 0 Å². The number of morpholine rings is 1. The molecule has 3 rings (SSSR count). The zero-order chi connectivity index (χ0) is 17.1. The standard InChI is InChI=1S/C17H19NO6.ClH/c19-10-11-7-12(20)8-16-13(11)9-14(17(22)24-16)15(21)1-2-18-3-5-23-6-4-18;/h7-9,19-20H,1-6,10H2;1H. The van der Waals surface area contributed by atoms with Gasteiger partial charge in [-0.15, -0.1) is 12.4 Å². The van der Waals surface area contributed by atoms with Crippen molar-refractivity contribution in [3.05, 3.63) is 39.7 Å². The number of benzene rings is 1. The number of carbonyl (C=O) groups excluding carboxylic acids is 1. The van der Waals surface area contributed by atoms with Crippen molar-refractivity contribution in [3.8, 4) is 5.75 Å². The number of aromatic hydroxyl groups is 1. The number of aliphatic hydroxyl groups is 1. The summed E-state index contributed by atoms with van der Waals surface area (Å²) < 4.78 is 10.4. The van der Waals surface area contributed by atoms with E-state index in [1.54, 1.807) is 0 Å². The second-order valence-electron chi connectivity index (χ2n) is 5.75. The molecule has 0 bridgehead atoms. The number of hydrogen-bond acceptors (Lipinski definition) is 7. The highest BCUT2D eigenvalue weighted by molar-refractivity contribution is 5.98. The maximum absolute atomic E-state index is 12.4. The van der Waals surface area contributed by atoms with E-state index in [-0.39, 0.29) is 48.1 Å². The summed E-state index contributed by atoms with van der Waals surface area (Å²) in [6.45, 7) is 3.06. The van der Waals surface area contributed by atoms with Gasteiger partial charge in [-0.25, -0.2) is 4.79 Å². The van der Waals surface area contributed by atoms with Crippen molar-refractivity contribution in [2.45, 2.75) is 13.0 Å². The first-order chi connectivity index (χ1) is 11.6. The van der Waals surface area contributed by atoms with Crippen molar-refractivity contribution >= 4 is 29.2 Å². The minimum absolute atomic E-state index is 0. The molecule has 2 heterocycles. The van der Waals surface area contributed by atoms with Crippen LogP contribution in [0.3, 0.4) is 0 Å². The summed E-state index contributed by atoms with van der Waals surface area (Å²) in [6, 6.07) is 4.11. The fraction of sp³-hybridized carbons (Fsp3) is 0.412. The van der Waals surface area contributed by atoms with E-state index >= 15 is 0 Å². The van der Waals surface area contributed by atoms with Gasteiger partial charge in [-0.3, -0.25) is 9.69 Å². The Kier molecular flexibility index (Phi) is 6.55. The number of phenolic OH excluding ortho intramolecular Hbond substituents is 1. The molecule has 1 aliphatic rings. The molecule has 0 saturated carbocycles. The molecule has 0 radical (unpaired) electrons. The lowest BCUT2D eigenvalue weighted by atomic mass is 10.0. The largest absolute Gasteiger partial charge is 0.508 e. The van der Waals surface area contributed by atoms with Gasteiger partial charge in [0, 0.05) is 37.5 Å². The van der Waals surface area contributed by atoms with Crippen LogP contribution in [0, 0.1) is 0 Å². The zero-order valence-corrected chi connectivity index (χ0v) is 14.4. The Bertz CT molecular complexity index is 813. The molecule has 7 nitrogen and oxygen atoms in total. The third kappa shape index (κ3) is 4.38. The summed E-state index contributed by atoms with van der Waals surface area (Å²) in [5, 5.41) is 19.4. The van der Waals surface area contributed by atoms with Crippen LogP contribution in [0.4, 0.5) is 0 Å². The van der Waals surface area contributed by atoms with E-state index in [1.807, 2.05) is 0 Å². The molecule has 0 amide bonds. The average molecular weight is 370 g/mol. The highest BCUT2D eigenvalue weighted by atomic mass is 35.5. The molecule has 136 valence electrons. The third-order valence-electron chi connectivity index (χ3n) is 4.15. The molecule has 0 spiro atoms. The quantitative estimate of drug-likeness (QED) is 0.605. The minimum atomic E-state index is -0.732. The van der Waals surface area contributed by atoms with E-state index in [1.165, 1.54) is 18.2 Å². The molecule has 0 unspecified atom stereocenters. The lowest BCUT2D eigenvalue weighted by Crippen LogP contribution is -2.37. The molecule has 2 aromatic rings. The molecule has 2 N–H and O–H groups in total. The topological polar surface area (TPSA) is 100 Å². The third-order valence-corrected chi connectivity index (χ3v) is 4.15. The Morgan fingerprint density at radius 1 is 1.20 bits per heavy atom. The molecule has 1 saturated heterocycles. The molecule has 25 heavy (non-hydrogen) atoms. The zero-order valence-electron chi connectivity index (χ0n) is 13.6. The van der Waals surface area contributed by atoms with Crippen LogP contribution in [0.2, 0.25) is 0 Å². The lowest BCUT2D eigenvalue weighted by molar-refractivity contribution is 0.0370. The van der Waals surface area contributed by atoms with E-state index < -0.39 is 5.63 Å². The first-order valence-corrected chi connectivity index (χ1v) is 7.82. The summed E-state index contributed by atoms with van der Waals surface area (Å²) in [7, 11) is 0. The van der Waals surface area contributed by atoms with E-state index in [0.29, 0.717) is 30.7 Å². The van der Waals surface area contributed by atoms with Gasteiger partial charge in [0.25, 0.3) is 0 Å². The highest BCUT2D eigenvalue weighted by Crippen LogP contribution is 2.25. The highest BCUT2D eigenvalue weighted by Gasteiger charge is 2.18. The number of Topliss-reactive ketones (excluding diaryl/α,β-unsaturated/α-hetero) is 1. The van der Waals surface area contributed by atoms with Crippen LogP contribution in [0.15, 0.2) is 27.4 Å². The minimum Gasteiger partial charge on any atom is -0.508 e. The van der Waals surface area contributed by atoms with Crippen molar-refractivity contribution in [2.75, 3.05) is 32.8 Å². The Morgan fingerprint density at radius 3 is 2.60 bits per heavy atom. The van der Waals surface area contributed by atoms with Gasteiger partial charge < -0.3 is 19.4 Å². The van der Waals surface area contributed by atoms with Crippen LogP contribution in [0.1, 0.15) is 22.3 Å². The Morgan fingerprint density at radius 2 is 1.92 bits per heavy atom. The predicted molar refractivity (Wildman–Crippen MR) is 93.5 cm³/mol. The molecule has 1 aromatic heterocycles. The average Bonchev–Trinajstić information content (AvgIpc) is 2.59. The number of phenols is 1. The van der Waals surface area contributed by atoms with E-state index in [9.17, 15) is 19.8 Å². The summed E-state index contributed by atoms with van der Waals surface area (Å²) in [5.41, 5.74) is -0.218. The van der Waals surface area contributed by atoms with Crippen molar-refractivity contribution < 1.29 is 24.2 Å². The smallest absolute Gasteiger partial charge is 0.347 e. The predicted octanol–water partition coefficient (Wildman–Crippen LogP) is 1.32. The SMILES string of the molecule is Cl.O=C(CCN1CCOCC1)c1cc2c(CO)cc(O)cc2oc1=O. The number of rotatable bonds is 5. The monoisotopic (exact) mass is 369 g/mol. The number of aliphatic hydroxyl groups excluding tert-OH is 1. The molecule has 1 aliphatic heterocycles. The second-order valence-corrected chi connectivity index (χ2v) is 5.75. The van der Waals surface area contributed by atoms with Crippen molar-refractivity contribution in [1.29, 1.82) is 0 Å². The maximum Gasteiger partial charge on any atom is 0.347 e. The molecule has 8 heteroatoms. The van der Waals surface area contributed by atoms with E-state index in [2.05, 4.69) is 4.90 Å². The summed E-state index contributed by atoms with van der Waals surface area (Å²) in [4.78, 5) is 26.6. The fourth-order valence-electron chi connectivity index (χ4n) is 2.82. The van der Waals surface area contributed by atoms with Gasteiger partial charge in [0.2, 0.25) is 0 Å². The lowest BCUT2D eigenvalue weighted by Gasteiger charge is -2.26. The number of nitrogens with zero attached hydrogens (tertiary/aromatic N) is 1. The molecular formula is C17H20ClNO6. The molecular weight excluding hydrogens is 350 g/mol. The number of ether oxygens (including phenoxy) is 1. The number of hydrogen-bond donors (Lipinski definition) is 2. The maximum atomic E-state index is 12.4. The van der Waals surface area contributed by atoms with E-state index in [4.69, 9.17) is 9.15 Å². The molecule has 1 aromatic carbocycles. The fourth-order valence-corrected chi connectivity index (χ4v) is 2.82. The number of fused-ring (bicyclic) bond motifs is 1. The first kappa shape index (κ1) is 19.4. The summed E-state index contributed by atoms with van der Waals surface area (Å²) in [6.07, 6.45) is 0.211. The summed E-state index contributed by atoms with van der Waals surface area (Å²) >= 11 is 0. The van der Waals surface area contributed by atoms with Crippen LogP contribution < -0.4 is 5.63 Å². The van der Waals surface area contributed by atoms with Crippen molar-refractivity contribution in [1.82, 2.24) is 4.90 Å². The van der Waals surface area contributed by atoms with Crippen molar-refractivity contribution in [2.24, 2.45) is 0 Å². The van der Waals surface area contributed by atoms with Gasteiger partial charge in [-0.05, 0) is 17.7 Å². The van der Waals surface area contributed by atoms with E-state index in [0.717, 1.165) is 13.1 Å². The summed E-state index contributed by atoms with van der Waals surface area (Å²) in [5.74, 6) is -0.407. The second kappa shape index (κ2) is 8.44. The molecule has 0 aliphatic carbocycles. The van der Waals surface area contributed by atoms with Crippen LogP contribution in [-0.4, -0.2) is 53.7 Å². The Balaban J connectivity index is 0.00000225. The van der Waals surface area contributed by atoms with Gasteiger partial charge in [0.1, 0.15) is 16.9 Å². The van der Waals surface area contributed by atoms with Gasteiger partial charge in [-0.2, -0.15) is 0 Å². The number of carbonyl (C=O) groups is 1. The molecule has 0 atom stereocenters. The van der Waals surface area contributed by atoms with Crippen molar-refractivity contribution in [3.63, 3.8) is 0 Å². The number of halogens is 1. The normalized spacial score (nSPS) is 15.1.